The molecule has 2 aromatic carbocycles. The van der Waals surface area contributed by atoms with Gasteiger partial charge in [0.25, 0.3) is 5.91 Å². The molecular formula is C19H22N2OS. The largest absolute Gasteiger partial charge is 0.372 e. The summed E-state index contributed by atoms with van der Waals surface area (Å²) in [5, 5.41) is 2.97. The van der Waals surface area contributed by atoms with Gasteiger partial charge in [-0.25, -0.2) is 0 Å². The standard InChI is InChI=1S/C19H22N2OS/c1-23-18-7-5-6-16(14-18)20-19(22)15-8-10-17(11-9-15)21-12-3-2-4-13-21/h5-11,14H,2-4,12-13H2,1H3,(H,20,22). The number of carbonyl (C=O) groups excluding carboxylic acids is 1. The molecule has 0 bridgehead atoms. The Bertz CT molecular complexity index is 663. The first-order valence-corrected chi connectivity index (χ1v) is 9.29. The number of hydrogen-bond acceptors (Lipinski definition) is 3. The fraction of sp³-hybridized carbons (Fsp3) is 0.316. The van der Waals surface area contributed by atoms with Crippen molar-refractivity contribution in [3.63, 3.8) is 0 Å². The Morgan fingerprint density at radius 3 is 2.48 bits per heavy atom. The lowest BCUT2D eigenvalue weighted by Gasteiger charge is -2.28. The van der Waals surface area contributed by atoms with Crippen LogP contribution in [0.25, 0.3) is 0 Å². The van der Waals surface area contributed by atoms with Crippen LogP contribution in [-0.2, 0) is 0 Å². The number of nitrogens with zero attached hydrogens (tertiary/aromatic N) is 1. The van der Waals surface area contributed by atoms with E-state index < -0.39 is 0 Å². The lowest BCUT2D eigenvalue weighted by atomic mass is 10.1. The third-order valence-electron chi connectivity index (χ3n) is 4.18. The summed E-state index contributed by atoms with van der Waals surface area (Å²) in [6.07, 6.45) is 5.87. The smallest absolute Gasteiger partial charge is 0.255 e. The first kappa shape index (κ1) is 15.9. The number of nitrogens with one attached hydrogen (secondary N) is 1. The van der Waals surface area contributed by atoms with E-state index in [-0.39, 0.29) is 5.91 Å². The Hall–Kier alpha value is -1.94. The average molecular weight is 326 g/mol. The molecule has 2 aromatic rings. The van der Waals surface area contributed by atoms with E-state index in [1.54, 1.807) is 11.8 Å². The van der Waals surface area contributed by atoms with Gasteiger partial charge in [-0.2, -0.15) is 0 Å². The maximum Gasteiger partial charge on any atom is 0.255 e. The van der Waals surface area contributed by atoms with Crippen molar-refractivity contribution in [3.05, 3.63) is 54.1 Å². The summed E-state index contributed by atoms with van der Waals surface area (Å²) in [7, 11) is 0. The molecule has 1 N–H and O–H groups in total. The molecular weight excluding hydrogens is 304 g/mol. The van der Waals surface area contributed by atoms with E-state index in [0.29, 0.717) is 5.56 Å². The Labute approximate surface area is 142 Å². The second kappa shape index (κ2) is 7.55. The second-order valence-corrected chi connectivity index (χ2v) is 6.66. The maximum absolute atomic E-state index is 12.4. The van der Waals surface area contributed by atoms with Crippen LogP contribution in [0.4, 0.5) is 11.4 Å². The SMILES string of the molecule is CSc1cccc(NC(=O)c2ccc(N3CCCCC3)cc2)c1. The highest BCUT2D eigenvalue weighted by molar-refractivity contribution is 7.98. The monoisotopic (exact) mass is 326 g/mol. The predicted octanol–water partition coefficient (Wildman–Crippen LogP) is 4.65. The molecule has 0 aliphatic carbocycles. The quantitative estimate of drug-likeness (QED) is 0.830. The molecule has 3 rings (SSSR count). The zero-order chi connectivity index (χ0) is 16.1. The lowest BCUT2D eigenvalue weighted by Crippen LogP contribution is -2.29. The summed E-state index contributed by atoms with van der Waals surface area (Å²) < 4.78 is 0. The van der Waals surface area contributed by atoms with Crippen LogP contribution in [0, 0.1) is 0 Å². The van der Waals surface area contributed by atoms with E-state index in [2.05, 4.69) is 22.3 Å². The number of thioether (sulfide) groups is 1. The molecule has 0 spiro atoms. The fourth-order valence-corrected chi connectivity index (χ4v) is 3.34. The van der Waals surface area contributed by atoms with Crippen LogP contribution in [0.5, 0.6) is 0 Å². The van der Waals surface area contributed by atoms with Gasteiger partial charge in [-0.1, -0.05) is 6.07 Å². The molecule has 1 heterocycles. The van der Waals surface area contributed by atoms with Gasteiger partial charge in [-0.05, 0) is 68.0 Å². The summed E-state index contributed by atoms with van der Waals surface area (Å²) in [5.74, 6) is -0.0616. The Kier molecular flexibility index (Phi) is 5.23. The molecule has 120 valence electrons. The van der Waals surface area contributed by atoms with E-state index in [1.807, 2.05) is 42.7 Å². The van der Waals surface area contributed by atoms with Crippen molar-refractivity contribution < 1.29 is 4.79 Å². The number of rotatable bonds is 4. The lowest BCUT2D eigenvalue weighted by molar-refractivity contribution is 0.102. The van der Waals surface area contributed by atoms with Crippen LogP contribution >= 0.6 is 11.8 Å². The number of anilines is 2. The number of carbonyl (C=O) groups is 1. The van der Waals surface area contributed by atoms with Crippen molar-refractivity contribution in [2.75, 3.05) is 29.6 Å². The van der Waals surface area contributed by atoms with Crippen LogP contribution in [0.1, 0.15) is 29.6 Å². The van der Waals surface area contributed by atoms with Gasteiger partial charge in [0, 0.05) is 34.9 Å². The van der Waals surface area contributed by atoms with E-state index in [4.69, 9.17) is 0 Å². The van der Waals surface area contributed by atoms with Gasteiger partial charge in [0.2, 0.25) is 0 Å². The Morgan fingerprint density at radius 1 is 1.04 bits per heavy atom. The third-order valence-corrected chi connectivity index (χ3v) is 4.90. The number of benzene rings is 2. The van der Waals surface area contributed by atoms with Gasteiger partial charge in [0.1, 0.15) is 0 Å². The fourth-order valence-electron chi connectivity index (χ4n) is 2.88. The van der Waals surface area contributed by atoms with E-state index >= 15 is 0 Å². The molecule has 1 saturated heterocycles. The minimum absolute atomic E-state index is 0.0616. The number of hydrogen-bond donors (Lipinski definition) is 1. The van der Waals surface area contributed by atoms with E-state index in [9.17, 15) is 4.79 Å². The van der Waals surface area contributed by atoms with Crippen molar-refractivity contribution >= 4 is 29.0 Å². The number of piperidine rings is 1. The summed E-state index contributed by atoms with van der Waals surface area (Å²) in [6, 6.07) is 15.8. The topological polar surface area (TPSA) is 32.3 Å². The van der Waals surface area contributed by atoms with Gasteiger partial charge >= 0.3 is 0 Å². The van der Waals surface area contributed by atoms with Gasteiger partial charge in [-0.3, -0.25) is 4.79 Å². The van der Waals surface area contributed by atoms with Gasteiger partial charge in [0.15, 0.2) is 0 Å². The number of amides is 1. The van der Waals surface area contributed by atoms with Gasteiger partial charge in [0.05, 0.1) is 0 Å². The van der Waals surface area contributed by atoms with Crippen LogP contribution in [0.15, 0.2) is 53.4 Å². The van der Waals surface area contributed by atoms with Crippen molar-refractivity contribution in [2.45, 2.75) is 24.2 Å². The highest BCUT2D eigenvalue weighted by Gasteiger charge is 2.12. The zero-order valence-electron chi connectivity index (χ0n) is 13.4. The van der Waals surface area contributed by atoms with Crippen LogP contribution in [0.2, 0.25) is 0 Å². The van der Waals surface area contributed by atoms with Crippen molar-refractivity contribution in [1.29, 1.82) is 0 Å². The maximum atomic E-state index is 12.4. The van der Waals surface area contributed by atoms with Crippen LogP contribution in [-0.4, -0.2) is 25.3 Å². The predicted molar refractivity (Wildman–Crippen MR) is 98.7 cm³/mol. The third kappa shape index (κ3) is 4.08. The first-order chi connectivity index (χ1) is 11.3. The second-order valence-electron chi connectivity index (χ2n) is 5.78. The van der Waals surface area contributed by atoms with Crippen molar-refractivity contribution in [3.8, 4) is 0 Å². The molecule has 0 unspecified atom stereocenters. The highest BCUT2D eigenvalue weighted by Crippen LogP contribution is 2.22. The molecule has 1 fully saturated rings. The first-order valence-electron chi connectivity index (χ1n) is 8.07. The van der Waals surface area contributed by atoms with Crippen LogP contribution < -0.4 is 10.2 Å². The molecule has 3 nitrogen and oxygen atoms in total. The molecule has 1 aliphatic rings. The van der Waals surface area contributed by atoms with E-state index in [0.717, 1.165) is 23.7 Å². The van der Waals surface area contributed by atoms with Crippen LogP contribution in [0.3, 0.4) is 0 Å². The summed E-state index contributed by atoms with van der Waals surface area (Å²) in [5.41, 5.74) is 2.74. The van der Waals surface area contributed by atoms with Gasteiger partial charge in [-0.15, -0.1) is 11.8 Å². The summed E-state index contributed by atoms with van der Waals surface area (Å²) in [4.78, 5) is 15.9. The Morgan fingerprint density at radius 2 is 1.78 bits per heavy atom. The molecule has 0 saturated carbocycles. The molecule has 0 aromatic heterocycles. The average Bonchev–Trinajstić information content (AvgIpc) is 2.63. The molecule has 23 heavy (non-hydrogen) atoms. The molecule has 1 aliphatic heterocycles. The van der Waals surface area contributed by atoms with E-state index in [1.165, 1.54) is 24.9 Å². The van der Waals surface area contributed by atoms with Crippen molar-refractivity contribution in [1.82, 2.24) is 0 Å². The summed E-state index contributed by atoms with van der Waals surface area (Å²) in [6.45, 7) is 2.24. The highest BCUT2D eigenvalue weighted by atomic mass is 32.2. The van der Waals surface area contributed by atoms with Gasteiger partial charge < -0.3 is 10.2 Å². The minimum atomic E-state index is -0.0616. The summed E-state index contributed by atoms with van der Waals surface area (Å²) >= 11 is 1.67. The zero-order valence-corrected chi connectivity index (χ0v) is 14.2. The molecule has 0 radical (unpaired) electrons. The molecule has 4 heteroatoms. The minimum Gasteiger partial charge on any atom is -0.372 e. The Balaban J connectivity index is 1.67. The normalized spacial score (nSPS) is 14.6. The molecule has 0 atom stereocenters. The molecule has 1 amide bonds. The van der Waals surface area contributed by atoms with Crippen molar-refractivity contribution in [2.24, 2.45) is 0 Å².